The predicted molar refractivity (Wildman–Crippen MR) is 56.0 cm³/mol. The van der Waals surface area contributed by atoms with Crippen molar-refractivity contribution in [2.45, 2.75) is 52.7 Å². The van der Waals surface area contributed by atoms with Crippen LogP contribution in [0.25, 0.3) is 0 Å². The number of amides is 2. The standard InChI is InChI=1S/C11H19NO3/c1-7(8(2)13)12-9(14)5-11(3,4)6-10(12)15/h7-8,13H,5-6H2,1-4H3. The summed E-state index contributed by atoms with van der Waals surface area (Å²) in [6, 6.07) is -0.430. The lowest BCUT2D eigenvalue weighted by atomic mass is 9.81. The number of imide groups is 1. The normalized spacial score (nSPS) is 25.3. The van der Waals surface area contributed by atoms with Crippen LogP contribution in [0.15, 0.2) is 0 Å². The zero-order valence-electron chi connectivity index (χ0n) is 9.78. The maximum absolute atomic E-state index is 11.8. The number of aliphatic hydroxyl groups excluding tert-OH is 1. The molecule has 0 aliphatic carbocycles. The molecule has 2 amide bonds. The zero-order valence-corrected chi connectivity index (χ0v) is 9.78. The second-order valence-corrected chi connectivity index (χ2v) is 5.16. The van der Waals surface area contributed by atoms with Gasteiger partial charge in [-0.2, -0.15) is 0 Å². The Morgan fingerprint density at radius 1 is 1.20 bits per heavy atom. The number of aliphatic hydroxyl groups is 1. The Balaban J connectivity index is 2.84. The van der Waals surface area contributed by atoms with E-state index in [1.165, 1.54) is 4.90 Å². The van der Waals surface area contributed by atoms with E-state index in [2.05, 4.69) is 0 Å². The van der Waals surface area contributed by atoms with Crippen molar-refractivity contribution in [2.75, 3.05) is 0 Å². The minimum absolute atomic E-state index is 0.176. The quantitative estimate of drug-likeness (QED) is 0.694. The van der Waals surface area contributed by atoms with E-state index in [9.17, 15) is 14.7 Å². The van der Waals surface area contributed by atoms with Crippen LogP contribution in [0.5, 0.6) is 0 Å². The molecule has 0 aromatic heterocycles. The molecule has 0 aromatic rings. The van der Waals surface area contributed by atoms with Crippen molar-refractivity contribution in [3.8, 4) is 0 Å². The summed E-state index contributed by atoms with van der Waals surface area (Å²) in [5.74, 6) is -0.352. The third kappa shape index (κ3) is 2.56. The Morgan fingerprint density at radius 2 is 1.60 bits per heavy atom. The van der Waals surface area contributed by atoms with Gasteiger partial charge in [-0.15, -0.1) is 0 Å². The molecular weight excluding hydrogens is 194 g/mol. The number of rotatable bonds is 2. The molecule has 0 radical (unpaired) electrons. The summed E-state index contributed by atoms with van der Waals surface area (Å²) in [6.07, 6.45) is 0.0603. The van der Waals surface area contributed by atoms with Gasteiger partial charge >= 0.3 is 0 Å². The molecule has 0 spiro atoms. The molecule has 1 heterocycles. The van der Waals surface area contributed by atoms with Crippen LogP contribution in [0.3, 0.4) is 0 Å². The van der Waals surface area contributed by atoms with Crippen molar-refractivity contribution in [3.63, 3.8) is 0 Å². The van der Waals surface area contributed by atoms with Crippen LogP contribution in [0.4, 0.5) is 0 Å². The first kappa shape index (κ1) is 12.2. The van der Waals surface area contributed by atoms with Gasteiger partial charge in [0.1, 0.15) is 0 Å². The third-order valence-electron chi connectivity index (χ3n) is 2.90. The van der Waals surface area contributed by atoms with Gasteiger partial charge in [0.25, 0.3) is 0 Å². The summed E-state index contributed by atoms with van der Waals surface area (Å²) in [6.45, 7) is 7.10. The van der Waals surface area contributed by atoms with E-state index in [-0.39, 0.29) is 17.2 Å². The van der Waals surface area contributed by atoms with Crippen LogP contribution in [0.2, 0.25) is 0 Å². The number of piperidine rings is 1. The van der Waals surface area contributed by atoms with Crippen LogP contribution >= 0.6 is 0 Å². The number of carbonyl (C=O) groups excluding carboxylic acids is 2. The fraction of sp³-hybridized carbons (Fsp3) is 0.818. The van der Waals surface area contributed by atoms with E-state index in [1.54, 1.807) is 13.8 Å². The zero-order chi connectivity index (χ0) is 11.8. The summed E-state index contributed by atoms with van der Waals surface area (Å²) < 4.78 is 0. The maximum Gasteiger partial charge on any atom is 0.230 e. The number of nitrogens with zero attached hydrogens (tertiary/aromatic N) is 1. The highest BCUT2D eigenvalue weighted by molar-refractivity contribution is 5.98. The minimum atomic E-state index is -0.681. The summed E-state index contributed by atoms with van der Waals surface area (Å²) in [4.78, 5) is 24.7. The number of hydrogen-bond donors (Lipinski definition) is 1. The van der Waals surface area contributed by atoms with Crippen LogP contribution in [0, 0.1) is 5.41 Å². The summed E-state index contributed by atoms with van der Waals surface area (Å²) in [5, 5.41) is 9.39. The fourth-order valence-corrected chi connectivity index (χ4v) is 1.86. The van der Waals surface area contributed by atoms with E-state index >= 15 is 0 Å². The molecule has 0 aromatic carbocycles. The molecule has 1 fully saturated rings. The molecule has 1 rings (SSSR count). The summed E-state index contributed by atoms with van der Waals surface area (Å²) >= 11 is 0. The van der Waals surface area contributed by atoms with Gasteiger partial charge in [0.05, 0.1) is 12.1 Å². The molecule has 4 heteroatoms. The molecule has 1 saturated heterocycles. The lowest BCUT2D eigenvalue weighted by molar-refractivity contribution is -0.157. The van der Waals surface area contributed by atoms with Crippen molar-refractivity contribution in [3.05, 3.63) is 0 Å². The fourth-order valence-electron chi connectivity index (χ4n) is 1.86. The highest BCUT2D eigenvalue weighted by atomic mass is 16.3. The van der Waals surface area contributed by atoms with Gasteiger partial charge in [-0.3, -0.25) is 14.5 Å². The second kappa shape index (κ2) is 3.93. The Hall–Kier alpha value is -0.900. The minimum Gasteiger partial charge on any atom is -0.391 e. The number of carbonyl (C=O) groups is 2. The first-order chi connectivity index (χ1) is 6.74. The van der Waals surface area contributed by atoms with Crippen LogP contribution in [-0.2, 0) is 9.59 Å². The van der Waals surface area contributed by atoms with Crippen molar-refractivity contribution >= 4 is 11.8 Å². The van der Waals surface area contributed by atoms with E-state index in [0.29, 0.717) is 12.8 Å². The van der Waals surface area contributed by atoms with Crippen LogP contribution < -0.4 is 0 Å². The van der Waals surface area contributed by atoms with E-state index in [4.69, 9.17) is 0 Å². The average Bonchev–Trinajstić information content (AvgIpc) is 1.99. The van der Waals surface area contributed by atoms with Gasteiger partial charge in [-0.25, -0.2) is 0 Å². The molecule has 2 atom stereocenters. The summed E-state index contributed by atoms with van der Waals surface area (Å²) in [5.41, 5.74) is -0.247. The molecular formula is C11H19NO3. The Labute approximate surface area is 90.3 Å². The van der Waals surface area contributed by atoms with Gasteiger partial charge in [0.2, 0.25) is 11.8 Å². The number of hydrogen-bond acceptors (Lipinski definition) is 3. The monoisotopic (exact) mass is 213 g/mol. The lowest BCUT2D eigenvalue weighted by Crippen LogP contribution is -2.53. The van der Waals surface area contributed by atoms with Gasteiger partial charge in [-0.1, -0.05) is 13.8 Å². The van der Waals surface area contributed by atoms with Gasteiger partial charge in [0, 0.05) is 12.8 Å². The highest BCUT2D eigenvalue weighted by Crippen LogP contribution is 2.32. The number of likely N-dealkylation sites (tertiary alicyclic amines) is 1. The van der Waals surface area contributed by atoms with Gasteiger partial charge in [-0.05, 0) is 19.3 Å². The molecule has 1 N–H and O–H groups in total. The van der Waals surface area contributed by atoms with Gasteiger partial charge in [0.15, 0.2) is 0 Å². The molecule has 0 bridgehead atoms. The van der Waals surface area contributed by atoms with Crippen molar-refractivity contribution in [1.29, 1.82) is 0 Å². The topological polar surface area (TPSA) is 57.6 Å². The van der Waals surface area contributed by atoms with Crippen molar-refractivity contribution < 1.29 is 14.7 Å². The van der Waals surface area contributed by atoms with Gasteiger partial charge < -0.3 is 5.11 Å². The Bertz CT molecular complexity index is 264. The third-order valence-corrected chi connectivity index (χ3v) is 2.90. The van der Waals surface area contributed by atoms with Crippen LogP contribution in [-0.4, -0.2) is 34.0 Å². The second-order valence-electron chi connectivity index (χ2n) is 5.16. The summed E-state index contributed by atoms with van der Waals surface area (Å²) in [7, 11) is 0. The smallest absolute Gasteiger partial charge is 0.230 e. The van der Waals surface area contributed by atoms with E-state index < -0.39 is 12.1 Å². The van der Waals surface area contributed by atoms with E-state index in [0.717, 1.165) is 0 Å². The molecule has 1 aliphatic heterocycles. The highest BCUT2D eigenvalue weighted by Gasteiger charge is 2.40. The van der Waals surface area contributed by atoms with E-state index in [1.807, 2.05) is 13.8 Å². The molecule has 86 valence electrons. The average molecular weight is 213 g/mol. The first-order valence-corrected chi connectivity index (χ1v) is 5.27. The van der Waals surface area contributed by atoms with Crippen molar-refractivity contribution in [1.82, 2.24) is 4.90 Å². The molecule has 0 saturated carbocycles. The predicted octanol–water partition coefficient (Wildman–Crippen LogP) is 0.931. The Morgan fingerprint density at radius 3 is 1.93 bits per heavy atom. The van der Waals surface area contributed by atoms with Crippen molar-refractivity contribution in [2.24, 2.45) is 5.41 Å². The largest absolute Gasteiger partial charge is 0.391 e. The lowest BCUT2D eigenvalue weighted by Gasteiger charge is -2.38. The molecule has 4 nitrogen and oxygen atoms in total. The Kier molecular flexibility index (Phi) is 3.19. The first-order valence-electron chi connectivity index (χ1n) is 5.27. The maximum atomic E-state index is 11.8. The molecule has 1 aliphatic rings. The molecule has 15 heavy (non-hydrogen) atoms. The molecule has 2 unspecified atom stereocenters. The SMILES string of the molecule is CC(O)C(C)N1C(=O)CC(C)(C)CC1=O. The van der Waals surface area contributed by atoms with Crippen LogP contribution in [0.1, 0.15) is 40.5 Å².